The molecule has 1 atom stereocenters. The maximum absolute atomic E-state index is 12.6. The summed E-state index contributed by atoms with van der Waals surface area (Å²) < 4.78 is 0. The third kappa shape index (κ3) is 3.44. The lowest BCUT2D eigenvalue weighted by Gasteiger charge is -2.16. The number of aryl methyl sites for hydroxylation is 1. The van der Waals surface area contributed by atoms with Gasteiger partial charge >= 0.3 is 0 Å². The number of pyridine rings is 1. The first-order valence-electron chi connectivity index (χ1n) is 9.21. The second-order valence-corrected chi connectivity index (χ2v) is 7.23. The van der Waals surface area contributed by atoms with Crippen LogP contribution in [0, 0.1) is 6.92 Å². The SMILES string of the molecule is Cc1ccc2cc(CO)c(-c3ccc(C(=O)N4CCC(N)C4)cc3)nc2c1. The van der Waals surface area contributed by atoms with E-state index in [1.807, 2.05) is 55.5 Å². The summed E-state index contributed by atoms with van der Waals surface area (Å²) in [7, 11) is 0. The van der Waals surface area contributed by atoms with Crippen LogP contribution in [0.25, 0.3) is 22.2 Å². The number of rotatable bonds is 3. The number of amides is 1. The van der Waals surface area contributed by atoms with E-state index < -0.39 is 0 Å². The predicted octanol–water partition coefficient (Wildman–Crippen LogP) is 2.88. The maximum atomic E-state index is 12.6. The number of aromatic nitrogens is 1. The topological polar surface area (TPSA) is 79.5 Å². The molecule has 1 amide bonds. The van der Waals surface area contributed by atoms with Crippen molar-refractivity contribution in [2.24, 2.45) is 5.73 Å². The largest absolute Gasteiger partial charge is 0.392 e. The highest BCUT2D eigenvalue weighted by Gasteiger charge is 2.24. The molecular formula is C22H23N3O2. The molecule has 1 aromatic heterocycles. The van der Waals surface area contributed by atoms with E-state index in [0.29, 0.717) is 18.7 Å². The van der Waals surface area contributed by atoms with Crippen LogP contribution in [0.2, 0.25) is 0 Å². The van der Waals surface area contributed by atoms with Gasteiger partial charge in [-0.2, -0.15) is 0 Å². The minimum absolute atomic E-state index is 0.0129. The second kappa shape index (κ2) is 7.10. The number of fused-ring (bicyclic) bond motifs is 1. The lowest BCUT2D eigenvalue weighted by Crippen LogP contribution is -2.31. The molecule has 2 aromatic carbocycles. The van der Waals surface area contributed by atoms with Gasteiger partial charge in [0.25, 0.3) is 5.91 Å². The fourth-order valence-corrected chi connectivity index (χ4v) is 3.62. The van der Waals surface area contributed by atoms with Crippen LogP contribution in [-0.2, 0) is 6.61 Å². The number of aliphatic hydroxyl groups is 1. The zero-order valence-corrected chi connectivity index (χ0v) is 15.4. The smallest absolute Gasteiger partial charge is 0.253 e. The standard InChI is InChI=1S/C22H23N3O2/c1-14-2-3-17-11-18(13-26)21(24-20(17)10-14)15-4-6-16(7-5-15)22(27)25-9-8-19(23)12-25/h2-7,10-11,19,26H,8-9,12-13,23H2,1H3. The molecule has 4 rings (SSSR count). The molecule has 27 heavy (non-hydrogen) atoms. The van der Waals surface area contributed by atoms with Crippen molar-refractivity contribution >= 4 is 16.8 Å². The van der Waals surface area contributed by atoms with E-state index in [9.17, 15) is 9.90 Å². The number of nitrogens with two attached hydrogens (primary N) is 1. The van der Waals surface area contributed by atoms with E-state index >= 15 is 0 Å². The molecule has 1 aliphatic rings. The van der Waals surface area contributed by atoms with Gasteiger partial charge in [-0.25, -0.2) is 4.98 Å². The zero-order chi connectivity index (χ0) is 19.0. The summed E-state index contributed by atoms with van der Waals surface area (Å²) in [5.41, 5.74) is 11.0. The molecule has 5 heteroatoms. The Hall–Kier alpha value is -2.76. The number of carbonyl (C=O) groups excluding carboxylic acids is 1. The van der Waals surface area contributed by atoms with Crippen LogP contribution >= 0.6 is 0 Å². The van der Waals surface area contributed by atoms with Gasteiger partial charge in [-0.3, -0.25) is 4.79 Å². The third-order valence-corrected chi connectivity index (χ3v) is 5.14. The van der Waals surface area contributed by atoms with Crippen LogP contribution in [0.15, 0.2) is 48.5 Å². The Kier molecular flexibility index (Phi) is 4.64. The van der Waals surface area contributed by atoms with Crippen molar-refractivity contribution in [1.29, 1.82) is 0 Å². The quantitative estimate of drug-likeness (QED) is 0.752. The van der Waals surface area contributed by atoms with E-state index in [2.05, 4.69) is 0 Å². The lowest BCUT2D eigenvalue weighted by molar-refractivity contribution is 0.0791. The average molecular weight is 361 g/mol. The molecule has 5 nitrogen and oxygen atoms in total. The van der Waals surface area contributed by atoms with E-state index in [1.54, 1.807) is 4.90 Å². The lowest BCUT2D eigenvalue weighted by atomic mass is 10.0. The number of likely N-dealkylation sites (tertiary alicyclic amines) is 1. The molecule has 138 valence electrons. The van der Waals surface area contributed by atoms with Crippen molar-refractivity contribution in [2.45, 2.75) is 26.0 Å². The highest BCUT2D eigenvalue weighted by Crippen LogP contribution is 2.27. The molecule has 0 spiro atoms. The van der Waals surface area contributed by atoms with Crippen LogP contribution < -0.4 is 5.73 Å². The molecule has 0 bridgehead atoms. The van der Waals surface area contributed by atoms with E-state index in [-0.39, 0.29) is 18.6 Å². The fraction of sp³-hybridized carbons (Fsp3) is 0.273. The highest BCUT2D eigenvalue weighted by atomic mass is 16.3. The number of aliphatic hydroxyl groups excluding tert-OH is 1. The van der Waals surface area contributed by atoms with Crippen molar-refractivity contribution in [3.05, 3.63) is 65.2 Å². The van der Waals surface area contributed by atoms with Crippen LogP contribution in [0.1, 0.15) is 27.9 Å². The summed E-state index contributed by atoms with van der Waals surface area (Å²) in [4.78, 5) is 19.2. The summed E-state index contributed by atoms with van der Waals surface area (Å²) in [5, 5.41) is 10.8. The Bertz CT molecular complexity index is 998. The Morgan fingerprint density at radius 1 is 1.22 bits per heavy atom. The molecule has 3 N–H and O–H groups in total. The summed E-state index contributed by atoms with van der Waals surface area (Å²) in [6.45, 7) is 3.27. The molecule has 0 saturated carbocycles. The van der Waals surface area contributed by atoms with Gasteiger partial charge in [-0.15, -0.1) is 0 Å². The van der Waals surface area contributed by atoms with E-state index in [4.69, 9.17) is 10.7 Å². The van der Waals surface area contributed by atoms with Crippen LogP contribution in [-0.4, -0.2) is 40.0 Å². The maximum Gasteiger partial charge on any atom is 0.253 e. The average Bonchev–Trinajstić information content (AvgIpc) is 3.13. The summed E-state index contributed by atoms with van der Waals surface area (Å²) >= 11 is 0. The van der Waals surface area contributed by atoms with Gasteiger partial charge in [0.05, 0.1) is 17.8 Å². The summed E-state index contributed by atoms with van der Waals surface area (Å²) in [6.07, 6.45) is 0.851. The van der Waals surface area contributed by atoms with E-state index in [0.717, 1.165) is 39.7 Å². The minimum atomic E-state index is -0.0848. The van der Waals surface area contributed by atoms with Gasteiger partial charge in [0.15, 0.2) is 0 Å². The number of hydrogen-bond acceptors (Lipinski definition) is 4. The Morgan fingerprint density at radius 2 is 2.00 bits per heavy atom. The Labute approximate surface area is 158 Å². The fourth-order valence-electron chi connectivity index (χ4n) is 3.62. The van der Waals surface area contributed by atoms with Crippen molar-refractivity contribution < 1.29 is 9.90 Å². The first kappa shape index (κ1) is 17.6. The zero-order valence-electron chi connectivity index (χ0n) is 15.4. The number of carbonyl (C=O) groups is 1. The van der Waals surface area contributed by atoms with Gasteiger partial charge in [0.1, 0.15) is 0 Å². The van der Waals surface area contributed by atoms with Gasteiger partial charge in [0, 0.05) is 41.2 Å². The summed E-state index contributed by atoms with van der Waals surface area (Å²) in [5.74, 6) is 0.0129. The number of nitrogens with zero attached hydrogens (tertiary/aromatic N) is 2. The van der Waals surface area contributed by atoms with Gasteiger partial charge in [0.2, 0.25) is 0 Å². The van der Waals surface area contributed by atoms with Crippen LogP contribution in [0.4, 0.5) is 0 Å². The van der Waals surface area contributed by atoms with Gasteiger partial charge < -0.3 is 15.7 Å². The van der Waals surface area contributed by atoms with Gasteiger partial charge in [-0.05, 0) is 43.2 Å². The first-order valence-corrected chi connectivity index (χ1v) is 9.21. The van der Waals surface area contributed by atoms with Crippen molar-refractivity contribution in [1.82, 2.24) is 9.88 Å². The number of benzene rings is 2. The molecule has 1 unspecified atom stereocenters. The molecule has 3 aromatic rings. The Balaban J connectivity index is 1.68. The van der Waals surface area contributed by atoms with E-state index in [1.165, 1.54) is 0 Å². The van der Waals surface area contributed by atoms with Crippen LogP contribution in [0.3, 0.4) is 0 Å². The molecule has 0 radical (unpaired) electrons. The number of hydrogen-bond donors (Lipinski definition) is 2. The third-order valence-electron chi connectivity index (χ3n) is 5.14. The molecule has 2 heterocycles. The minimum Gasteiger partial charge on any atom is -0.392 e. The van der Waals surface area contributed by atoms with Crippen molar-refractivity contribution in [3.8, 4) is 11.3 Å². The molecular weight excluding hydrogens is 338 g/mol. The molecule has 0 aliphatic carbocycles. The van der Waals surface area contributed by atoms with Gasteiger partial charge in [-0.1, -0.05) is 24.3 Å². The first-order chi connectivity index (χ1) is 13.0. The molecule has 1 saturated heterocycles. The Morgan fingerprint density at radius 3 is 2.67 bits per heavy atom. The normalized spacial score (nSPS) is 16.9. The molecule has 1 fully saturated rings. The second-order valence-electron chi connectivity index (χ2n) is 7.23. The highest BCUT2D eigenvalue weighted by molar-refractivity contribution is 5.95. The van der Waals surface area contributed by atoms with Crippen molar-refractivity contribution in [3.63, 3.8) is 0 Å². The van der Waals surface area contributed by atoms with Crippen molar-refractivity contribution in [2.75, 3.05) is 13.1 Å². The monoisotopic (exact) mass is 361 g/mol. The predicted molar refractivity (Wildman–Crippen MR) is 106 cm³/mol. The summed E-state index contributed by atoms with van der Waals surface area (Å²) in [6, 6.07) is 15.6. The molecule has 1 aliphatic heterocycles. The van der Waals surface area contributed by atoms with Crippen LogP contribution in [0.5, 0.6) is 0 Å².